The van der Waals surface area contributed by atoms with Crippen LogP contribution in [0, 0.1) is 17.3 Å². The second-order valence-corrected chi connectivity index (χ2v) is 9.08. The number of Topliss-reactive ketones (excluding diaryl/α,β-unsaturated/α-hetero) is 1. The third-order valence-corrected chi connectivity index (χ3v) is 7.68. The number of ether oxygens (including phenoxy) is 1. The molecule has 5 unspecified atom stereocenters. The molecule has 2 fully saturated rings. The summed E-state index contributed by atoms with van der Waals surface area (Å²) in [5.74, 6) is 0.922. The van der Waals surface area contributed by atoms with Crippen molar-refractivity contribution in [2.24, 2.45) is 21.6 Å². The Balaban J connectivity index is 1.64. The van der Waals surface area contributed by atoms with Crippen LogP contribution in [0.2, 0.25) is 0 Å². The molecule has 0 aromatic carbocycles. The van der Waals surface area contributed by atoms with E-state index in [1.807, 2.05) is 6.07 Å². The van der Waals surface area contributed by atoms with E-state index in [2.05, 4.69) is 15.5 Å². The number of hydrogen-bond acceptors (Lipinski definition) is 6. The fourth-order valence-corrected chi connectivity index (χ4v) is 6.31. The second kappa shape index (κ2) is 6.12. The second-order valence-electron chi connectivity index (χ2n) is 7.85. The lowest BCUT2D eigenvalue weighted by atomic mass is 9.61. The maximum atomic E-state index is 15.1. The molecule has 0 radical (unpaired) electrons. The number of rotatable bonds is 3. The molecule has 4 aliphatic rings. The van der Waals surface area contributed by atoms with Gasteiger partial charge in [0.25, 0.3) is 0 Å². The molecule has 5 atom stereocenters. The Morgan fingerprint density at radius 1 is 1.41 bits per heavy atom. The van der Waals surface area contributed by atoms with E-state index in [4.69, 9.17) is 4.74 Å². The number of methoxy groups -OCH3 is 1. The van der Waals surface area contributed by atoms with Gasteiger partial charge in [-0.15, -0.1) is 9.60 Å². The van der Waals surface area contributed by atoms with Crippen LogP contribution >= 0.6 is 0 Å². The molecule has 27 heavy (non-hydrogen) atoms. The van der Waals surface area contributed by atoms with E-state index in [1.165, 1.54) is 0 Å². The van der Waals surface area contributed by atoms with Crippen LogP contribution in [0.5, 0.6) is 5.88 Å². The van der Waals surface area contributed by atoms with Gasteiger partial charge < -0.3 is 9.29 Å². The van der Waals surface area contributed by atoms with Gasteiger partial charge >= 0.3 is 0 Å². The summed E-state index contributed by atoms with van der Waals surface area (Å²) in [4.78, 5) is 16.8. The number of hydrogen-bond donors (Lipinski definition) is 0. The first-order valence-electron chi connectivity index (χ1n) is 9.16. The first-order chi connectivity index (χ1) is 13.0. The molecule has 8 heteroatoms. The fourth-order valence-electron chi connectivity index (χ4n) is 4.93. The topological polar surface area (TPSA) is 77.8 Å². The first-order valence-corrected chi connectivity index (χ1v) is 10.3. The van der Waals surface area contributed by atoms with Gasteiger partial charge in [0.2, 0.25) is 16.9 Å². The van der Waals surface area contributed by atoms with Crippen LogP contribution in [0.1, 0.15) is 24.8 Å². The molecule has 1 spiro atoms. The molecule has 2 aliphatic heterocycles. The van der Waals surface area contributed by atoms with Gasteiger partial charge in [0.05, 0.1) is 31.3 Å². The molecule has 1 saturated carbocycles. The minimum atomic E-state index is -1.63. The molecule has 6 nitrogen and oxygen atoms in total. The summed E-state index contributed by atoms with van der Waals surface area (Å²) < 4.78 is 36.8. The van der Waals surface area contributed by atoms with E-state index in [9.17, 15) is 9.35 Å². The number of carbonyl (C=O) groups is 1. The molecule has 1 saturated heterocycles. The van der Waals surface area contributed by atoms with Crippen molar-refractivity contribution in [2.45, 2.75) is 30.6 Å². The van der Waals surface area contributed by atoms with E-state index in [-0.39, 0.29) is 18.2 Å². The van der Waals surface area contributed by atoms with E-state index < -0.39 is 28.1 Å². The van der Waals surface area contributed by atoms with Crippen LogP contribution < -0.4 is 4.74 Å². The summed E-state index contributed by atoms with van der Waals surface area (Å²) in [6, 6.07) is 2.93. The highest BCUT2D eigenvalue weighted by Gasteiger charge is 2.66. The number of halogens is 1. The molecule has 1 aromatic rings. The monoisotopic (exact) mass is 389 g/mol. The Hall–Kier alpha value is -1.77. The van der Waals surface area contributed by atoms with Crippen LogP contribution in [0.25, 0.3) is 5.57 Å². The van der Waals surface area contributed by atoms with Crippen LogP contribution in [0.3, 0.4) is 0 Å². The van der Waals surface area contributed by atoms with E-state index in [1.54, 1.807) is 25.6 Å². The van der Waals surface area contributed by atoms with Crippen LogP contribution in [0.4, 0.5) is 4.48 Å². The van der Waals surface area contributed by atoms with Gasteiger partial charge in [-0.1, -0.05) is 10.5 Å². The Labute approximate surface area is 159 Å². The van der Waals surface area contributed by atoms with Gasteiger partial charge in [-0.2, -0.15) is 0 Å². The standard InChI is InChI=1S/C19H20FN3O3S/c1-26-16-5-4-12(8-21-16)14-6-13(11-2-3-11)7-19-10-22-27(25)18(19)15(24)9-23(20)17(14)19/h4-6,8,10-11,13,17-18H,2-3,7,9H2,1H3. The van der Waals surface area contributed by atoms with Gasteiger partial charge in [-0.3, -0.25) is 4.79 Å². The number of aromatic nitrogens is 1. The summed E-state index contributed by atoms with van der Waals surface area (Å²) >= 11 is -1.63. The Bertz CT molecular complexity index is 841. The average molecular weight is 389 g/mol. The number of nitrogens with zero attached hydrogens (tertiary/aromatic N) is 3. The quantitative estimate of drug-likeness (QED) is 0.585. The Morgan fingerprint density at radius 3 is 2.89 bits per heavy atom. The minimum absolute atomic E-state index is 0.224. The van der Waals surface area contributed by atoms with Gasteiger partial charge in [0, 0.05) is 12.3 Å². The molecular formula is C19H20FN3O3S. The average Bonchev–Trinajstić information content (AvgIpc) is 3.46. The van der Waals surface area contributed by atoms with Crippen molar-refractivity contribution in [1.29, 1.82) is 0 Å². The van der Waals surface area contributed by atoms with Crippen LogP contribution in [-0.2, 0) is 16.2 Å². The zero-order chi connectivity index (χ0) is 18.8. The highest BCUT2D eigenvalue weighted by molar-refractivity contribution is 7.92. The smallest absolute Gasteiger partial charge is 0.214 e. The lowest BCUT2D eigenvalue weighted by Gasteiger charge is -2.48. The van der Waals surface area contributed by atoms with Crippen LogP contribution in [-0.4, -0.2) is 51.6 Å². The Morgan fingerprint density at radius 2 is 2.22 bits per heavy atom. The van der Waals surface area contributed by atoms with Crippen molar-refractivity contribution >= 4 is 28.9 Å². The molecular weight excluding hydrogens is 369 g/mol. The molecule has 3 heterocycles. The summed E-state index contributed by atoms with van der Waals surface area (Å²) in [5.41, 5.74) is 0.748. The molecule has 0 bridgehead atoms. The maximum absolute atomic E-state index is 15.1. The van der Waals surface area contributed by atoms with E-state index >= 15 is 4.48 Å². The summed E-state index contributed by atoms with van der Waals surface area (Å²) in [5, 5.41) is -0.155. The largest absolute Gasteiger partial charge is 0.591 e. The zero-order valence-electron chi connectivity index (χ0n) is 14.9. The molecule has 2 aliphatic carbocycles. The van der Waals surface area contributed by atoms with Crippen molar-refractivity contribution in [3.05, 3.63) is 30.0 Å². The highest BCUT2D eigenvalue weighted by atomic mass is 32.2. The number of ketones is 1. The zero-order valence-corrected chi connectivity index (χ0v) is 15.7. The van der Waals surface area contributed by atoms with Crippen molar-refractivity contribution < 1.29 is 18.6 Å². The molecule has 5 rings (SSSR count). The van der Waals surface area contributed by atoms with Crippen molar-refractivity contribution in [1.82, 2.24) is 10.1 Å². The SMILES string of the molecule is COc1ccc(C2=CC(C3CC3)CC34C=N[S+]([O-])C3C(=O)CN(F)C24)cn1. The van der Waals surface area contributed by atoms with E-state index in [0.29, 0.717) is 23.3 Å². The van der Waals surface area contributed by atoms with Crippen molar-refractivity contribution in [3.63, 3.8) is 0 Å². The number of pyridine rings is 1. The first kappa shape index (κ1) is 17.3. The lowest BCUT2D eigenvalue weighted by Crippen LogP contribution is -2.63. The van der Waals surface area contributed by atoms with Gasteiger partial charge in [0.15, 0.2) is 0 Å². The Kier molecular flexibility index (Phi) is 3.93. The molecule has 1 aromatic heterocycles. The van der Waals surface area contributed by atoms with Crippen molar-refractivity contribution in [2.75, 3.05) is 13.7 Å². The van der Waals surface area contributed by atoms with E-state index in [0.717, 1.165) is 24.0 Å². The van der Waals surface area contributed by atoms with Gasteiger partial charge in [-0.25, -0.2) is 4.98 Å². The number of allylic oxidation sites excluding steroid dienone is 1. The fraction of sp³-hybridized carbons (Fsp3) is 0.526. The summed E-state index contributed by atoms with van der Waals surface area (Å²) in [7, 11) is 1.55. The third kappa shape index (κ3) is 2.57. The predicted molar refractivity (Wildman–Crippen MR) is 99.1 cm³/mol. The highest BCUT2D eigenvalue weighted by Crippen LogP contribution is 2.57. The normalized spacial score (nSPS) is 38.3. The number of carbonyl (C=O) groups excluding carboxylic acids is 1. The molecule has 0 N–H and O–H groups in total. The van der Waals surface area contributed by atoms with Gasteiger partial charge in [-0.05, 0) is 48.3 Å². The molecule has 0 amide bonds. The van der Waals surface area contributed by atoms with Gasteiger partial charge in [0.1, 0.15) is 11.4 Å². The van der Waals surface area contributed by atoms with Crippen molar-refractivity contribution in [3.8, 4) is 5.88 Å². The number of piperidine rings is 1. The minimum Gasteiger partial charge on any atom is -0.591 e. The predicted octanol–water partition coefficient (Wildman–Crippen LogP) is 2.14. The lowest BCUT2D eigenvalue weighted by molar-refractivity contribution is -0.138. The summed E-state index contributed by atoms with van der Waals surface area (Å²) in [6.45, 7) is -0.360. The van der Waals surface area contributed by atoms with Crippen LogP contribution in [0.15, 0.2) is 28.8 Å². The summed E-state index contributed by atoms with van der Waals surface area (Å²) in [6.07, 6.45) is 8.31. The third-order valence-electron chi connectivity index (χ3n) is 6.26. The maximum Gasteiger partial charge on any atom is 0.214 e. The molecule has 142 valence electrons.